The number of likely N-dealkylation sites (N-methyl/N-ethyl adjacent to an activating group) is 1. The highest BCUT2D eigenvalue weighted by Crippen LogP contribution is 2.41. The molecule has 0 aliphatic heterocycles. The third kappa shape index (κ3) is 5.85. The van der Waals surface area contributed by atoms with Gasteiger partial charge in [0.25, 0.3) is 0 Å². The molecule has 4 aromatic carbocycles. The molecule has 7 aromatic rings. The maximum atomic E-state index is 13.2. The highest BCUT2D eigenvalue weighted by Gasteiger charge is 2.19. The summed E-state index contributed by atoms with van der Waals surface area (Å²) in [7, 11) is 0.648. The van der Waals surface area contributed by atoms with Gasteiger partial charge in [-0.2, -0.15) is 0 Å². The van der Waals surface area contributed by atoms with E-state index in [0.29, 0.717) is 5.75 Å². The molecule has 0 spiro atoms. The van der Waals surface area contributed by atoms with E-state index < -0.39 is 10.8 Å². The minimum absolute atomic E-state index is 0.00532. The van der Waals surface area contributed by atoms with E-state index in [2.05, 4.69) is 34.2 Å². The average molecular weight is 621 g/mol. The van der Waals surface area contributed by atoms with Crippen LogP contribution in [0.25, 0.3) is 44.2 Å². The minimum Gasteiger partial charge on any atom is -0.339 e. The van der Waals surface area contributed by atoms with Crippen molar-refractivity contribution in [3.63, 3.8) is 0 Å². The van der Waals surface area contributed by atoms with Crippen LogP contribution < -0.4 is 4.90 Å². The number of fused-ring (bicyclic) bond motifs is 3. The largest absolute Gasteiger partial charge is 0.339 e. The Kier molecular flexibility index (Phi) is 7.99. The Balaban J connectivity index is 1.27. The highest BCUT2D eigenvalue weighted by atomic mass is 32.2. The molecule has 0 saturated carbocycles. The molecule has 0 saturated heterocycles. The van der Waals surface area contributed by atoms with Crippen LogP contribution in [-0.2, 0) is 27.8 Å². The van der Waals surface area contributed by atoms with Gasteiger partial charge in [-0.05, 0) is 71.6 Å². The van der Waals surface area contributed by atoms with Gasteiger partial charge in [0.15, 0.2) is 0 Å². The van der Waals surface area contributed by atoms with Crippen LogP contribution in [0, 0.1) is 6.92 Å². The number of amides is 1. The highest BCUT2D eigenvalue weighted by molar-refractivity contribution is 7.84. The lowest BCUT2D eigenvalue weighted by Gasteiger charge is -2.18. The monoisotopic (exact) mass is 620 g/mol. The van der Waals surface area contributed by atoms with Crippen molar-refractivity contribution in [1.29, 1.82) is 0 Å². The summed E-state index contributed by atoms with van der Waals surface area (Å²) in [5, 5.41) is 2.06. The quantitative estimate of drug-likeness (QED) is 0.186. The van der Waals surface area contributed by atoms with Crippen molar-refractivity contribution in [2.24, 2.45) is 0 Å². The van der Waals surface area contributed by atoms with Crippen molar-refractivity contribution in [1.82, 2.24) is 15.0 Å². The fourth-order valence-electron chi connectivity index (χ4n) is 5.83. The van der Waals surface area contributed by atoms with Crippen LogP contribution in [0.2, 0.25) is 0 Å². The molecule has 0 radical (unpaired) electrons. The molecule has 0 aliphatic carbocycles. The molecule has 1 atom stereocenters. The molecule has 3 aromatic heterocycles. The molecule has 0 bridgehead atoms. The third-order valence-corrected chi connectivity index (χ3v) is 9.71. The summed E-state index contributed by atoms with van der Waals surface area (Å²) >= 11 is 0. The zero-order valence-corrected chi connectivity index (χ0v) is 26.4. The lowest BCUT2D eigenvalue weighted by molar-refractivity contribution is -0.117. The number of carbonyl (C=O) groups excluding carboxylic acids is 1. The van der Waals surface area contributed by atoms with Crippen molar-refractivity contribution in [2.75, 3.05) is 11.9 Å². The van der Waals surface area contributed by atoms with Gasteiger partial charge in [0.2, 0.25) is 5.91 Å². The first-order valence-electron chi connectivity index (χ1n) is 15.2. The van der Waals surface area contributed by atoms with Crippen LogP contribution in [-0.4, -0.2) is 32.1 Å². The van der Waals surface area contributed by atoms with Crippen LogP contribution in [0.15, 0.2) is 133 Å². The van der Waals surface area contributed by atoms with Gasteiger partial charge in [-0.15, -0.1) is 0 Å². The van der Waals surface area contributed by atoms with Crippen LogP contribution >= 0.6 is 0 Å². The molecule has 6 nitrogen and oxygen atoms in total. The number of aryl methyl sites for hydroxylation is 1. The number of pyridine rings is 2. The second-order valence-electron chi connectivity index (χ2n) is 11.4. The maximum Gasteiger partial charge on any atom is 0.231 e. The second kappa shape index (κ2) is 12.5. The summed E-state index contributed by atoms with van der Waals surface area (Å²) in [4.78, 5) is 28.3. The number of hydrogen-bond donors (Lipinski definition) is 1. The van der Waals surface area contributed by atoms with Crippen LogP contribution in [0.1, 0.15) is 16.8 Å². The van der Waals surface area contributed by atoms with Gasteiger partial charge >= 0.3 is 0 Å². The molecule has 1 unspecified atom stereocenters. The number of anilines is 1. The van der Waals surface area contributed by atoms with E-state index in [4.69, 9.17) is 4.98 Å². The van der Waals surface area contributed by atoms with E-state index in [0.717, 1.165) is 71.6 Å². The Hall–Kier alpha value is -5.40. The van der Waals surface area contributed by atoms with E-state index in [1.54, 1.807) is 18.1 Å². The molecule has 226 valence electrons. The van der Waals surface area contributed by atoms with Gasteiger partial charge in [-0.1, -0.05) is 72.8 Å². The van der Waals surface area contributed by atoms with E-state index in [9.17, 15) is 9.00 Å². The number of carbonyl (C=O) groups is 1. The molecule has 1 amide bonds. The molecule has 1 N–H and O–H groups in total. The van der Waals surface area contributed by atoms with Crippen molar-refractivity contribution in [3.8, 4) is 22.3 Å². The van der Waals surface area contributed by atoms with Gasteiger partial charge in [-0.3, -0.25) is 14.0 Å². The second-order valence-corrected chi connectivity index (χ2v) is 12.9. The van der Waals surface area contributed by atoms with Crippen molar-refractivity contribution >= 4 is 44.3 Å². The number of nitrogens with zero attached hydrogens (tertiary/aromatic N) is 3. The standard InChI is InChI=1S/C39H32N4O2S/c1-26-13-14-27(23-40-26)22-36(44)43(2)31-18-16-29(17-19-31)34-24-41-39-38(37(34)30-9-5-3-6-10-30)33-21-28(15-20-35(33)42-39)25-46(45)32-11-7-4-8-12-32/h3-21,23-24H,22,25H2,1-2H3,(H,41,42). The zero-order chi connectivity index (χ0) is 31.6. The van der Waals surface area contributed by atoms with Crippen LogP contribution in [0.5, 0.6) is 0 Å². The summed E-state index contributed by atoms with van der Waals surface area (Å²) in [6, 6.07) is 38.1. The summed E-state index contributed by atoms with van der Waals surface area (Å²) in [6.45, 7) is 1.93. The third-order valence-electron chi connectivity index (χ3n) is 8.32. The number of aromatic amines is 1. The smallest absolute Gasteiger partial charge is 0.231 e. The molecular weight excluding hydrogens is 589 g/mol. The Morgan fingerprint density at radius 3 is 2.22 bits per heavy atom. The van der Waals surface area contributed by atoms with E-state index in [-0.39, 0.29) is 12.3 Å². The summed E-state index contributed by atoms with van der Waals surface area (Å²) in [5.41, 5.74) is 9.53. The molecule has 3 heterocycles. The first kappa shape index (κ1) is 29.3. The number of benzene rings is 4. The lowest BCUT2D eigenvalue weighted by Crippen LogP contribution is -2.27. The number of aromatic nitrogens is 3. The number of rotatable bonds is 8. The minimum atomic E-state index is -1.15. The maximum absolute atomic E-state index is 13.2. The first-order chi connectivity index (χ1) is 22.4. The predicted octanol–water partition coefficient (Wildman–Crippen LogP) is 8.27. The molecule has 7 heteroatoms. The van der Waals surface area contributed by atoms with Crippen molar-refractivity contribution in [2.45, 2.75) is 24.0 Å². The Morgan fingerprint density at radius 1 is 0.783 bits per heavy atom. The molecule has 0 aliphatic rings. The number of hydrogen-bond acceptors (Lipinski definition) is 4. The SMILES string of the molecule is Cc1ccc(CC(=O)N(C)c2ccc(-c3cnc4[nH]c5ccc(CS(=O)c6ccccc6)cc5c4c3-c3ccccc3)cc2)cn1. The fourth-order valence-corrected chi connectivity index (χ4v) is 6.94. The predicted molar refractivity (Wildman–Crippen MR) is 187 cm³/mol. The fraction of sp³-hybridized carbons (Fsp3) is 0.103. The number of nitrogens with one attached hydrogen (secondary N) is 1. The molecule has 7 rings (SSSR count). The van der Waals surface area contributed by atoms with Gasteiger partial charge in [-0.25, -0.2) is 4.98 Å². The van der Waals surface area contributed by atoms with Crippen LogP contribution in [0.3, 0.4) is 0 Å². The lowest BCUT2D eigenvalue weighted by atomic mass is 9.92. The van der Waals surface area contributed by atoms with E-state index in [1.807, 2.05) is 104 Å². The first-order valence-corrected chi connectivity index (χ1v) is 16.5. The molecule has 46 heavy (non-hydrogen) atoms. The summed E-state index contributed by atoms with van der Waals surface area (Å²) in [5.74, 6) is 0.420. The van der Waals surface area contributed by atoms with Gasteiger partial charge in [0, 0.05) is 63.1 Å². The average Bonchev–Trinajstić information content (AvgIpc) is 3.47. The topological polar surface area (TPSA) is 79.0 Å². The van der Waals surface area contributed by atoms with E-state index in [1.165, 1.54) is 0 Å². The molecular formula is C39H32N4O2S. The van der Waals surface area contributed by atoms with Crippen molar-refractivity contribution in [3.05, 3.63) is 144 Å². The van der Waals surface area contributed by atoms with Gasteiger partial charge in [0.1, 0.15) is 5.65 Å². The summed E-state index contributed by atoms with van der Waals surface area (Å²) in [6.07, 6.45) is 3.96. The number of H-pyrrole nitrogens is 1. The normalized spacial score (nSPS) is 12.0. The summed E-state index contributed by atoms with van der Waals surface area (Å²) < 4.78 is 13.2. The van der Waals surface area contributed by atoms with Gasteiger partial charge < -0.3 is 9.88 Å². The Morgan fingerprint density at radius 2 is 1.50 bits per heavy atom. The van der Waals surface area contributed by atoms with Crippen molar-refractivity contribution < 1.29 is 9.00 Å². The zero-order valence-electron chi connectivity index (χ0n) is 25.6. The molecule has 0 fully saturated rings. The van der Waals surface area contributed by atoms with Crippen LogP contribution in [0.4, 0.5) is 5.69 Å². The Bertz CT molecular complexity index is 2190. The van der Waals surface area contributed by atoms with E-state index >= 15 is 0 Å². The van der Waals surface area contributed by atoms with Gasteiger partial charge in [0.05, 0.1) is 23.0 Å². The Labute approximate surface area is 270 Å².